The Labute approximate surface area is 195 Å². The number of benzene rings is 1. The summed E-state index contributed by atoms with van der Waals surface area (Å²) in [6, 6.07) is 9.76. The van der Waals surface area contributed by atoms with Gasteiger partial charge in [0.2, 0.25) is 0 Å². The molecule has 1 heterocycles. The molecule has 4 rings (SSSR count). The van der Waals surface area contributed by atoms with Crippen molar-refractivity contribution in [2.24, 2.45) is 17.3 Å². The van der Waals surface area contributed by atoms with Gasteiger partial charge in [-0.2, -0.15) is 0 Å². The van der Waals surface area contributed by atoms with Gasteiger partial charge in [0.05, 0.1) is 29.6 Å². The Hall–Kier alpha value is -1.96. The molecule has 0 amide bonds. The number of ether oxygens (including phenoxy) is 4. The minimum Gasteiger partial charge on any atom is -0.459 e. The van der Waals surface area contributed by atoms with E-state index in [1.165, 1.54) is 13.8 Å². The zero-order chi connectivity index (χ0) is 24.2. The molecular formula is C26H36O7. The van der Waals surface area contributed by atoms with Gasteiger partial charge in [0, 0.05) is 13.8 Å². The van der Waals surface area contributed by atoms with Crippen molar-refractivity contribution in [2.45, 2.75) is 96.6 Å². The first-order chi connectivity index (χ1) is 15.4. The lowest BCUT2D eigenvalue weighted by molar-refractivity contribution is -0.306. The molecule has 1 aliphatic heterocycles. The van der Waals surface area contributed by atoms with Crippen molar-refractivity contribution in [3.05, 3.63) is 35.9 Å². The van der Waals surface area contributed by atoms with Crippen LogP contribution in [0.5, 0.6) is 0 Å². The fourth-order valence-corrected chi connectivity index (χ4v) is 6.91. The summed E-state index contributed by atoms with van der Waals surface area (Å²) >= 11 is 0. The minimum absolute atomic E-state index is 0.0133. The standard InChI is InChI=1S/C26H36O7/c1-15-12-13-19(29)25(6)23(30-14-18-10-8-7-9-11-18)21(31-16(2)27)20-22(32-17(3)28)26(15,25)33-24(20,4)5/h7-11,15,19-23,29H,12-14H2,1-6H3/t15-,19+,20-,21-,22-,23-,25+,26-/m1/s1. The molecule has 8 atom stereocenters. The Kier molecular flexibility index (Phi) is 6.13. The van der Waals surface area contributed by atoms with Crippen LogP contribution in [-0.2, 0) is 35.1 Å². The zero-order valence-electron chi connectivity index (χ0n) is 20.4. The number of rotatable bonds is 5. The largest absolute Gasteiger partial charge is 0.459 e. The van der Waals surface area contributed by atoms with Gasteiger partial charge in [-0.25, -0.2) is 0 Å². The van der Waals surface area contributed by atoms with Gasteiger partial charge < -0.3 is 24.1 Å². The SMILES string of the molecule is CC(=O)O[C@@H]1[C@@H]2[C@@H](OC(C)=O)[C@]3(OC2(C)C)[C@H](C)CC[C@H](O)[C@@]3(C)[C@@H]1OCc1ccccc1. The van der Waals surface area contributed by atoms with Crippen molar-refractivity contribution in [3.8, 4) is 0 Å². The Morgan fingerprint density at radius 3 is 2.27 bits per heavy atom. The normalized spacial score (nSPS) is 41.2. The van der Waals surface area contributed by atoms with Crippen LogP contribution in [0.1, 0.15) is 59.9 Å². The maximum atomic E-state index is 12.3. The van der Waals surface area contributed by atoms with Crippen molar-refractivity contribution < 1.29 is 33.6 Å². The van der Waals surface area contributed by atoms with Crippen molar-refractivity contribution in [2.75, 3.05) is 0 Å². The Morgan fingerprint density at radius 2 is 1.67 bits per heavy atom. The molecule has 7 heteroatoms. The molecule has 2 bridgehead atoms. The van der Waals surface area contributed by atoms with Crippen molar-refractivity contribution >= 4 is 11.9 Å². The molecule has 0 radical (unpaired) electrons. The first kappa shape index (κ1) is 24.2. The summed E-state index contributed by atoms with van der Waals surface area (Å²) in [6.07, 6.45) is -1.61. The molecule has 1 N–H and O–H groups in total. The van der Waals surface area contributed by atoms with E-state index in [9.17, 15) is 14.7 Å². The second kappa shape index (κ2) is 8.36. The van der Waals surface area contributed by atoms with Crippen LogP contribution >= 0.6 is 0 Å². The third-order valence-electron chi connectivity index (χ3n) is 8.23. The van der Waals surface area contributed by atoms with Gasteiger partial charge in [-0.15, -0.1) is 0 Å². The second-order valence-corrected chi connectivity index (χ2v) is 10.6. The molecule has 1 saturated heterocycles. The maximum Gasteiger partial charge on any atom is 0.303 e. The average Bonchev–Trinajstić information content (AvgIpc) is 2.93. The smallest absolute Gasteiger partial charge is 0.303 e. The van der Waals surface area contributed by atoms with Crippen LogP contribution < -0.4 is 0 Å². The first-order valence-corrected chi connectivity index (χ1v) is 11.8. The summed E-state index contributed by atoms with van der Waals surface area (Å²) in [5.41, 5.74) is -1.77. The number of carbonyl (C=O) groups is 2. The molecule has 1 aromatic rings. The van der Waals surface area contributed by atoms with E-state index >= 15 is 0 Å². The number of carbonyl (C=O) groups excluding carboxylic acids is 2. The molecule has 182 valence electrons. The molecule has 33 heavy (non-hydrogen) atoms. The van der Waals surface area contributed by atoms with Gasteiger partial charge in [0.15, 0.2) is 0 Å². The number of aliphatic hydroxyl groups excluding tert-OH is 1. The highest BCUT2D eigenvalue weighted by Crippen LogP contribution is 2.67. The van der Waals surface area contributed by atoms with E-state index in [4.69, 9.17) is 18.9 Å². The van der Waals surface area contributed by atoms with E-state index in [0.717, 1.165) is 12.0 Å². The Morgan fingerprint density at radius 1 is 1.03 bits per heavy atom. The summed E-state index contributed by atoms with van der Waals surface area (Å²) in [7, 11) is 0. The summed E-state index contributed by atoms with van der Waals surface area (Å²) in [5, 5.41) is 11.5. The lowest BCUT2D eigenvalue weighted by atomic mass is 9.48. The van der Waals surface area contributed by atoms with Crippen LogP contribution in [0.3, 0.4) is 0 Å². The quantitative estimate of drug-likeness (QED) is 0.674. The van der Waals surface area contributed by atoms with Gasteiger partial charge in [-0.3, -0.25) is 9.59 Å². The number of hydrogen-bond acceptors (Lipinski definition) is 7. The van der Waals surface area contributed by atoms with Crippen LogP contribution in [0.25, 0.3) is 0 Å². The van der Waals surface area contributed by atoms with Gasteiger partial charge in [-0.05, 0) is 38.2 Å². The number of fused-ring (bicyclic) bond motifs is 1. The highest BCUT2D eigenvalue weighted by Gasteiger charge is 2.81. The van der Waals surface area contributed by atoms with Crippen LogP contribution in [0.15, 0.2) is 30.3 Å². The predicted octanol–water partition coefficient (Wildman–Crippen LogP) is 3.41. The second-order valence-electron chi connectivity index (χ2n) is 10.6. The topological polar surface area (TPSA) is 91.3 Å². The van der Waals surface area contributed by atoms with E-state index in [1.54, 1.807) is 0 Å². The Balaban J connectivity index is 1.88. The molecule has 2 aliphatic carbocycles. The Bertz CT molecular complexity index is 899. The number of aliphatic hydroxyl groups is 1. The molecule has 3 fully saturated rings. The van der Waals surface area contributed by atoms with E-state index in [1.807, 2.05) is 51.1 Å². The lowest BCUT2D eigenvalue weighted by Gasteiger charge is -2.62. The monoisotopic (exact) mass is 460 g/mol. The van der Waals surface area contributed by atoms with Gasteiger partial charge >= 0.3 is 11.9 Å². The third kappa shape index (κ3) is 3.60. The minimum atomic E-state index is -0.984. The summed E-state index contributed by atoms with van der Waals surface area (Å²) in [5.74, 6) is -1.34. The molecule has 1 aromatic carbocycles. The summed E-state index contributed by atoms with van der Waals surface area (Å²) in [6.45, 7) is 10.9. The molecule has 2 saturated carbocycles. The average molecular weight is 461 g/mol. The van der Waals surface area contributed by atoms with Crippen LogP contribution in [-0.4, -0.2) is 52.7 Å². The van der Waals surface area contributed by atoms with Crippen LogP contribution in [0.4, 0.5) is 0 Å². The fraction of sp³-hybridized carbons (Fsp3) is 0.692. The van der Waals surface area contributed by atoms with E-state index in [-0.39, 0.29) is 5.92 Å². The van der Waals surface area contributed by atoms with E-state index in [2.05, 4.69) is 6.92 Å². The van der Waals surface area contributed by atoms with Crippen molar-refractivity contribution in [1.82, 2.24) is 0 Å². The lowest BCUT2D eigenvalue weighted by Crippen LogP contribution is -2.76. The van der Waals surface area contributed by atoms with Gasteiger partial charge in [0.25, 0.3) is 0 Å². The highest BCUT2D eigenvalue weighted by atomic mass is 16.6. The van der Waals surface area contributed by atoms with Crippen molar-refractivity contribution in [1.29, 1.82) is 0 Å². The molecule has 0 aromatic heterocycles. The zero-order valence-corrected chi connectivity index (χ0v) is 20.4. The van der Waals surface area contributed by atoms with E-state index < -0.39 is 58.9 Å². The first-order valence-electron chi connectivity index (χ1n) is 11.8. The van der Waals surface area contributed by atoms with Gasteiger partial charge in [-0.1, -0.05) is 44.2 Å². The highest BCUT2D eigenvalue weighted by molar-refractivity contribution is 5.67. The van der Waals surface area contributed by atoms with E-state index in [0.29, 0.717) is 13.0 Å². The molecule has 7 nitrogen and oxygen atoms in total. The van der Waals surface area contributed by atoms with Crippen LogP contribution in [0, 0.1) is 17.3 Å². The predicted molar refractivity (Wildman–Crippen MR) is 120 cm³/mol. The van der Waals surface area contributed by atoms with Crippen molar-refractivity contribution in [3.63, 3.8) is 0 Å². The molecule has 3 aliphatic rings. The fourth-order valence-electron chi connectivity index (χ4n) is 6.91. The van der Waals surface area contributed by atoms with Gasteiger partial charge in [0.1, 0.15) is 23.9 Å². The number of esters is 2. The molecule has 1 spiro atoms. The maximum absolute atomic E-state index is 12.3. The summed E-state index contributed by atoms with van der Waals surface area (Å²) < 4.78 is 25.3. The van der Waals surface area contributed by atoms with Crippen LogP contribution in [0.2, 0.25) is 0 Å². The molecule has 0 unspecified atom stereocenters. The summed E-state index contributed by atoms with van der Waals surface area (Å²) in [4.78, 5) is 24.5. The molecular weight excluding hydrogens is 424 g/mol. The third-order valence-corrected chi connectivity index (χ3v) is 8.23. The number of hydrogen-bond donors (Lipinski definition) is 1.